The van der Waals surface area contributed by atoms with E-state index in [-0.39, 0.29) is 0 Å². The lowest BCUT2D eigenvalue weighted by Gasteiger charge is -2.11. The molecule has 1 heterocycles. The van der Waals surface area contributed by atoms with Gasteiger partial charge < -0.3 is 14.6 Å². The fraction of sp³-hybridized carbons (Fsp3) is 0.727. The molecule has 0 fully saturated rings. The molecule has 92 valence electrons. The van der Waals surface area contributed by atoms with E-state index in [1.807, 2.05) is 24.2 Å². The van der Waals surface area contributed by atoms with Crippen LogP contribution < -0.4 is 5.32 Å². The molecule has 0 spiro atoms. The number of nitrogens with zero attached hydrogens (tertiary/aromatic N) is 2. The van der Waals surface area contributed by atoms with E-state index >= 15 is 0 Å². The number of anilines is 1. The Morgan fingerprint density at radius 2 is 2.44 bits per heavy atom. The van der Waals surface area contributed by atoms with E-state index in [1.165, 1.54) is 0 Å². The van der Waals surface area contributed by atoms with Crippen molar-refractivity contribution in [2.24, 2.45) is 0 Å². The van der Waals surface area contributed by atoms with E-state index in [2.05, 4.69) is 28.0 Å². The van der Waals surface area contributed by atoms with Gasteiger partial charge in [0.2, 0.25) is 5.95 Å². The van der Waals surface area contributed by atoms with Crippen LogP contribution in [-0.4, -0.2) is 41.3 Å². The molecule has 0 radical (unpaired) electrons. The highest BCUT2D eigenvalue weighted by atomic mass is 32.2. The summed E-state index contributed by atoms with van der Waals surface area (Å²) in [5.74, 6) is 0.936. The number of hydrogen-bond acceptors (Lipinski definition) is 4. The highest BCUT2D eigenvalue weighted by molar-refractivity contribution is 7.99. The van der Waals surface area contributed by atoms with Crippen LogP contribution in [0.25, 0.3) is 0 Å². The van der Waals surface area contributed by atoms with Gasteiger partial charge in [-0.1, -0.05) is 6.92 Å². The zero-order chi connectivity index (χ0) is 11.8. The van der Waals surface area contributed by atoms with E-state index < -0.39 is 0 Å². The van der Waals surface area contributed by atoms with Crippen molar-refractivity contribution in [3.8, 4) is 0 Å². The molecule has 1 aromatic rings. The molecule has 0 amide bonds. The van der Waals surface area contributed by atoms with E-state index in [0.29, 0.717) is 11.9 Å². The summed E-state index contributed by atoms with van der Waals surface area (Å²) in [5.41, 5.74) is 0. The molecule has 4 nitrogen and oxygen atoms in total. The fourth-order valence-corrected chi connectivity index (χ4v) is 1.71. The average molecular weight is 243 g/mol. The van der Waals surface area contributed by atoms with Gasteiger partial charge in [0.1, 0.15) is 0 Å². The zero-order valence-corrected chi connectivity index (χ0v) is 11.1. The summed E-state index contributed by atoms with van der Waals surface area (Å²) in [6.07, 6.45) is 7.08. The third-order valence-corrected chi connectivity index (χ3v) is 3.53. The standard InChI is InChI=1S/C11H21N3OS/c1-10(16-3)4-5-12-11-13-6-7-14(11)8-9-15-2/h6-7,10H,4-5,8-9H2,1-3H3,(H,12,13). The minimum Gasteiger partial charge on any atom is -0.383 e. The van der Waals surface area contributed by atoms with Gasteiger partial charge in [0.25, 0.3) is 0 Å². The van der Waals surface area contributed by atoms with Crippen LogP contribution in [0.15, 0.2) is 12.4 Å². The van der Waals surface area contributed by atoms with Crippen LogP contribution in [0.1, 0.15) is 13.3 Å². The quantitative estimate of drug-likeness (QED) is 0.759. The fourth-order valence-electron chi connectivity index (χ4n) is 1.35. The van der Waals surface area contributed by atoms with Gasteiger partial charge in [0.05, 0.1) is 6.61 Å². The van der Waals surface area contributed by atoms with Crippen molar-refractivity contribution in [1.82, 2.24) is 9.55 Å². The van der Waals surface area contributed by atoms with Gasteiger partial charge in [-0.25, -0.2) is 4.98 Å². The van der Waals surface area contributed by atoms with E-state index in [1.54, 1.807) is 7.11 Å². The molecule has 5 heteroatoms. The number of nitrogens with one attached hydrogen (secondary N) is 1. The average Bonchev–Trinajstić information content (AvgIpc) is 2.73. The number of rotatable bonds is 8. The highest BCUT2D eigenvalue weighted by Crippen LogP contribution is 2.10. The molecule has 1 aromatic heterocycles. The molecule has 1 N–H and O–H groups in total. The van der Waals surface area contributed by atoms with Crippen molar-refractivity contribution < 1.29 is 4.74 Å². The first-order chi connectivity index (χ1) is 7.77. The summed E-state index contributed by atoms with van der Waals surface area (Å²) in [6, 6.07) is 0. The first-order valence-electron chi connectivity index (χ1n) is 5.54. The lowest BCUT2D eigenvalue weighted by atomic mass is 10.3. The number of ether oxygens (including phenoxy) is 1. The second-order valence-electron chi connectivity index (χ2n) is 3.70. The maximum absolute atomic E-state index is 5.05. The van der Waals surface area contributed by atoms with Crippen molar-refractivity contribution in [2.75, 3.05) is 31.8 Å². The second-order valence-corrected chi connectivity index (χ2v) is 4.97. The highest BCUT2D eigenvalue weighted by Gasteiger charge is 2.03. The van der Waals surface area contributed by atoms with Gasteiger partial charge in [-0.2, -0.15) is 11.8 Å². The Kier molecular flexibility index (Phi) is 6.33. The number of methoxy groups -OCH3 is 1. The summed E-state index contributed by atoms with van der Waals surface area (Å²) < 4.78 is 7.13. The summed E-state index contributed by atoms with van der Waals surface area (Å²) in [4.78, 5) is 4.28. The Morgan fingerprint density at radius 1 is 1.62 bits per heavy atom. The maximum Gasteiger partial charge on any atom is 0.202 e. The first-order valence-corrected chi connectivity index (χ1v) is 6.83. The van der Waals surface area contributed by atoms with Crippen LogP contribution in [0.5, 0.6) is 0 Å². The molecule has 0 bridgehead atoms. The minimum absolute atomic E-state index is 0.690. The Bertz CT molecular complexity index is 291. The lowest BCUT2D eigenvalue weighted by molar-refractivity contribution is 0.187. The van der Waals surface area contributed by atoms with Crippen LogP contribution in [0.4, 0.5) is 5.95 Å². The lowest BCUT2D eigenvalue weighted by Crippen LogP contribution is -2.13. The molecule has 16 heavy (non-hydrogen) atoms. The normalized spacial score (nSPS) is 12.7. The summed E-state index contributed by atoms with van der Waals surface area (Å²) in [5, 5.41) is 4.04. The Balaban J connectivity index is 2.32. The van der Waals surface area contributed by atoms with Gasteiger partial charge in [0, 0.05) is 37.8 Å². The van der Waals surface area contributed by atoms with Gasteiger partial charge in [-0.3, -0.25) is 0 Å². The van der Waals surface area contributed by atoms with Crippen molar-refractivity contribution in [1.29, 1.82) is 0 Å². The van der Waals surface area contributed by atoms with Gasteiger partial charge in [-0.05, 0) is 12.7 Å². The molecule has 0 aliphatic rings. The SMILES string of the molecule is COCCn1ccnc1NCCC(C)SC. The Labute approximate surface area is 102 Å². The second kappa shape index (κ2) is 7.57. The molecule has 0 aromatic carbocycles. The van der Waals surface area contributed by atoms with Crippen molar-refractivity contribution in [3.05, 3.63) is 12.4 Å². The third kappa shape index (κ3) is 4.45. The topological polar surface area (TPSA) is 39.1 Å². The molecular formula is C11H21N3OS. The summed E-state index contributed by atoms with van der Waals surface area (Å²) >= 11 is 1.89. The number of aromatic nitrogens is 2. The zero-order valence-electron chi connectivity index (χ0n) is 10.3. The number of hydrogen-bond donors (Lipinski definition) is 1. The van der Waals surface area contributed by atoms with Gasteiger partial charge in [-0.15, -0.1) is 0 Å². The molecule has 1 atom stereocenters. The van der Waals surface area contributed by atoms with E-state index in [4.69, 9.17) is 4.74 Å². The van der Waals surface area contributed by atoms with Gasteiger partial charge >= 0.3 is 0 Å². The smallest absolute Gasteiger partial charge is 0.202 e. The Hall–Kier alpha value is -0.680. The molecular weight excluding hydrogens is 222 g/mol. The number of imidazole rings is 1. The van der Waals surface area contributed by atoms with Crippen LogP contribution in [-0.2, 0) is 11.3 Å². The van der Waals surface area contributed by atoms with Gasteiger partial charge in [0.15, 0.2) is 0 Å². The predicted molar refractivity (Wildman–Crippen MR) is 70.2 cm³/mol. The molecule has 0 saturated carbocycles. The van der Waals surface area contributed by atoms with Crippen molar-refractivity contribution in [3.63, 3.8) is 0 Å². The molecule has 0 saturated heterocycles. The van der Waals surface area contributed by atoms with Crippen LogP contribution in [0, 0.1) is 0 Å². The van der Waals surface area contributed by atoms with Crippen LogP contribution in [0.3, 0.4) is 0 Å². The molecule has 0 aliphatic heterocycles. The monoisotopic (exact) mass is 243 g/mol. The molecule has 1 unspecified atom stereocenters. The number of thioether (sulfide) groups is 1. The largest absolute Gasteiger partial charge is 0.383 e. The first kappa shape index (κ1) is 13.4. The van der Waals surface area contributed by atoms with Crippen LogP contribution in [0.2, 0.25) is 0 Å². The van der Waals surface area contributed by atoms with E-state index in [0.717, 1.165) is 25.5 Å². The van der Waals surface area contributed by atoms with Crippen molar-refractivity contribution in [2.45, 2.75) is 25.1 Å². The Morgan fingerprint density at radius 3 is 3.12 bits per heavy atom. The molecule has 1 rings (SSSR count). The van der Waals surface area contributed by atoms with E-state index in [9.17, 15) is 0 Å². The predicted octanol–water partition coefficient (Wildman–Crippen LogP) is 2.08. The summed E-state index contributed by atoms with van der Waals surface area (Å²) in [6.45, 7) is 4.76. The third-order valence-electron chi connectivity index (χ3n) is 2.49. The molecule has 0 aliphatic carbocycles. The minimum atomic E-state index is 0.690. The van der Waals surface area contributed by atoms with Crippen LogP contribution >= 0.6 is 11.8 Å². The summed E-state index contributed by atoms with van der Waals surface area (Å²) in [7, 11) is 1.71. The maximum atomic E-state index is 5.05. The van der Waals surface area contributed by atoms with Crippen molar-refractivity contribution >= 4 is 17.7 Å².